The Morgan fingerprint density at radius 3 is 2.46 bits per heavy atom. The minimum atomic E-state index is -0.615. The molecule has 7 heteroatoms. The summed E-state index contributed by atoms with van der Waals surface area (Å²) in [5.74, 6) is -1.40. The molecule has 0 aliphatic heterocycles. The van der Waals surface area contributed by atoms with E-state index in [1.54, 1.807) is 16.8 Å². The second-order valence-electron chi connectivity index (χ2n) is 6.07. The third-order valence-corrected chi connectivity index (χ3v) is 4.15. The molecule has 0 fully saturated rings. The number of carbonyl (C=O) groups is 1. The summed E-state index contributed by atoms with van der Waals surface area (Å²) in [4.78, 5) is 12.7. The quantitative estimate of drug-likeness (QED) is 0.683. The van der Waals surface area contributed by atoms with Crippen LogP contribution < -0.4 is 5.32 Å². The maximum absolute atomic E-state index is 13.6. The van der Waals surface area contributed by atoms with Crippen molar-refractivity contribution >= 4 is 23.2 Å². The number of carbonyl (C=O) groups excluding carboxylic acids is 1. The Bertz CT molecular complexity index is 952. The van der Waals surface area contributed by atoms with Gasteiger partial charge in [0.25, 0.3) is 5.91 Å². The zero-order valence-electron chi connectivity index (χ0n) is 14.1. The van der Waals surface area contributed by atoms with E-state index in [1.165, 1.54) is 30.5 Å². The van der Waals surface area contributed by atoms with Crippen LogP contribution >= 0.6 is 11.6 Å². The minimum absolute atomic E-state index is 0.0185. The van der Waals surface area contributed by atoms with Crippen molar-refractivity contribution in [3.05, 3.63) is 76.6 Å². The van der Waals surface area contributed by atoms with Crippen LogP contribution in [-0.2, 0) is 0 Å². The van der Waals surface area contributed by atoms with Crippen molar-refractivity contribution < 1.29 is 13.6 Å². The Morgan fingerprint density at radius 1 is 1.15 bits per heavy atom. The molecule has 0 radical (unpaired) electrons. The van der Waals surface area contributed by atoms with E-state index >= 15 is 0 Å². The summed E-state index contributed by atoms with van der Waals surface area (Å²) in [5.41, 5.74) is 1.97. The van der Waals surface area contributed by atoms with E-state index in [0.29, 0.717) is 22.6 Å². The van der Waals surface area contributed by atoms with Gasteiger partial charge in [-0.25, -0.2) is 13.5 Å². The summed E-state index contributed by atoms with van der Waals surface area (Å²) in [6.07, 6.45) is 1.44. The highest BCUT2D eigenvalue weighted by Crippen LogP contribution is 2.25. The minimum Gasteiger partial charge on any atom is -0.322 e. The predicted octanol–water partition coefficient (Wildman–Crippen LogP) is 5.18. The van der Waals surface area contributed by atoms with E-state index < -0.39 is 11.7 Å². The SMILES string of the molecule is CC(C)c1c(C(=O)Nc2ccc(Cl)c(F)c2)cnn1-c1ccc(F)cc1. The molecule has 0 aliphatic rings. The molecule has 4 nitrogen and oxygen atoms in total. The average molecular weight is 376 g/mol. The first-order chi connectivity index (χ1) is 12.4. The van der Waals surface area contributed by atoms with Crippen LogP contribution in [0.1, 0.15) is 35.8 Å². The topological polar surface area (TPSA) is 46.9 Å². The van der Waals surface area contributed by atoms with Crippen LogP contribution in [0.25, 0.3) is 5.69 Å². The van der Waals surface area contributed by atoms with Crippen LogP contribution in [0.15, 0.2) is 48.7 Å². The van der Waals surface area contributed by atoms with E-state index in [-0.39, 0.29) is 16.8 Å². The summed E-state index contributed by atoms with van der Waals surface area (Å²) >= 11 is 5.66. The van der Waals surface area contributed by atoms with Gasteiger partial charge in [0.15, 0.2) is 0 Å². The Hall–Kier alpha value is -2.73. The van der Waals surface area contributed by atoms with E-state index in [2.05, 4.69) is 10.4 Å². The number of nitrogens with one attached hydrogen (secondary N) is 1. The number of hydrogen-bond acceptors (Lipinski definition) is 2. The number of hydrogen-bond donors (Lipinski definition) is 1. The molecule has 0 aliphatic carbocycles. The van der Waals surface area contributed by atoms with Crippen LogP contribution in [0, 0.1) is 11.6 Å². The number of benzene rings is 2. The van der Waals surface area contributed by atoms with Gasteiger partial charge in [0.05, 0.1) is 28.2 Å². The van der Waals surface area contributed by atoms with Crippen LogP contribution in [0.2, 0.25) is 5.02 Å². The van der Waals surface area contributed by atoms with E-state index in [9.17, 15) is 13.6 Å². The molecule has 0 spiro atoms. The zero-order chi connectivity index (χ0) is 18.8. The van der Waals surface area contributed by atoms with Gasteiger partial charge in [0, 0.05) is 5.69 Å². The van der Waals surface area contributed by atoms with E-state index in [0.717, 1.165) is 6.07 Å². The highest BCUT2D eigenvalue weighted by Gasteiger charge is 2.21. The van der Waals surface area contributed by atoms with Crippen molar-refractivity contribution in [3.63, 3.8) is 0 Å². The van der Waals surface area contributed by atoms with Gasteiger partial charge in [-0.3, -0.25) is 4.79 Å². The van der Waals surface area contributed by atoms with Crippen molar-refractivity contribution in [2.45, 2.75) is 19.8 Å². The largest absolute Gasteiger partial charge is 0.322 e. The Morgan fingerprint density at radius 2 is 1.85 bits per heavy atom. The first-order valence-electron chi connectivity index (χ1n) is 7.97. The molecule has 3 aromatic rings. The van der Waals surface area contributed by atoms with Crippen molar-refractivity contribution in [2.24, 2.45) is 0 Å². The maximum atomic E-state index is 13.6. The summed E-state index contributed by atoms with van der Waals surface area (Å²) in [5, 5.41) is 6.90. The zero-order valence-corrected chi connectivity index (χ0v) is 14.9. The highest BCUT2D eigenvalue weighted by molar-refractivity contribution is 6.30. The number of halogens is 3. The lowest BCUT2D eigenvalue weighted by atomic mass is 10.0. The number of amides is 1. The molecule has 1 amide bonds. The predicted molar refractivity (Wildman–Crippen MR) is 97.0 cm³/mol. The smallest absolute Gasteiger partial charge is 0.259 e. The lowest BCUT2D eigenvalue weighted by molar-refractivity contribution is 0.102. The number of aromatic nitrogens is 2. The second-order valence-corrected chi connectivity index (χ2v) is 6.48. The summed E-state index contributed by atoms with van der Waals surface area (Å²) in [6, 6.07) is 9.88. The number of rotatable bonds is 4. The lowest BCUT2D eigenvalue weighted by Crippen LogP contribution is -2.15. The van der Waals surface area contributed by atoms with Crippen molar-refractivity contribution in [2.75, 3.05) is 5.32 Å². The molecule has 1 aromatic heterocycles. The lowest BCUT2D eigenvalue weighted by Gasteiger charge is -2.13. The molecule has 2 aromatic carbocycles. The normalized spacial score (nSPS) is 11.0. The van der Waals surface area contributed by atoms with Gasteiger partial charge in [-0.05, 0) is 48.4 Å². The second kappa shape index (κ2) is 7.25. The summed E-state index contributed by atoms with van der Waals surface area (Å²) < 4.78 is 28.3. The highest BCUT2D eigenvalue weighted by atomic mass is 35.5. The first-order valence-corrected chi connectivity index (χ1v) is 8.35. The molecule has 3 rings (SSSR count). The number of nitrogens with zero attached hydrogens (tertiary/aromatic N) is 2. The van der Waals surface area contributed by atoms with Crippen molar-refractivity contribution in [3.8, 4) is 5.69 Å². The molecule has 134 valence electrons. The van der Waals surface area contributed by atoms with E-state index in [1.807, 2.05) is 13.8 Å². The summed E-state index contributed by atoms with van der Waals surface area (Å²) in [6.45, 7) is 3.85. The fourth-order valence-electron chi connectivity index (χ4n) is 2.65. The molecule has 0 unspecified atom stereocenters. The third kappa shape index (κ3) is 3.60. The summed E-state index contributed by atoms with van der Waals surface area (Å²) in [7, 11) is 0. The van der Waals surface area contributed by atoms with Gasteiger partial charge in [-0.15, -0.1) is 0 Å². The molecule has 1 N–H and O–H groups in total. The average Bonchev–Trinajstić information content (AvgIpc) is 3.04. The fraction of sp³-hybridized carbons (Fsp3) is 0.158. The Labute approximate surface area is 154 Å². The monoisotopic (exact) mass is 375 g/mol. The van der Waals surface area contributed by atoms with Crippen molar-refractivity contribution in [1.29, 1.82) is 0 Å². The van der Waals surface area contributed by atoms with Crippen LogP contribution in [0.3, 0.4) is 0 Å². The van der Waals surface area contributed by atoms with Gasteiger partial charge in [0.1, 0.15) is 11.6 Å². The molecule has 0 saturated carbocycles. The maximum Gasteiger partial charge on any atom is 0.259 e. The Balaban J connectivity index is 1.95. The molecule has 1 heterocycles. The van der Waals surface area contributed by atoms with Gasteiger partial charge >= 0.3 is 0 Å². The molecule has 0 atom stereocenters. The van der Waals surface area contributed by atoms with Crippen molar-refractivity contribution in [1.82, 2.24) is 9.78 Å². The van der Waals surface area contributed by atoms with E-state index in [4.69, 9.17) is 11.6 Å². The molecule has 26 heavy (non-hydrogen) atoms. The fourth-order valence-corrected chi connectivity index (χ4v) is 2.77. The van der Waals surface area contributed by atoms with Gasteiger partial charge in [-0.1, -0.05) is 25.4 Å². The molecule has 0 bridgehead atoms. The van der Waals surface area contributed by atoms with Gasteiger partial charge in [-0.2, -0.15) is 5.10 Å². The first kappa shape index (κ1) is 18.1. The Kier molecular flexibility index (Phi) is 5.04. The third-order valence-electron chi connectivity index (χ3n) is 3.85. The van der Waals surface area contributed by atoms with Gasteiger partial charge in [0.2, 0.25) is 0 Å². The molecule has 0 saturated heterocycles. The number of anilines is 1. The van der Waals surface area contributed by atoms with Crippen LogP contribution in [0.5, 0.6) is 0 Å². The van der Waals surface area contributed by atoms with Crippen LogP contribution in [0.4, 0.5) is 14.5 Å². The van der Waals surface area contributed by atoms with Crippen LogP contribution in [-0.4, -0.2) is 15.7 Å². The molecular formula is C19H16ClF2N3O. The van der Waals surface area contributed by atoms with Gasteiger partial charge < -0.3 is 5.32 Å². The standard InChI is InChI=1S/C19H16ClF2N3O/c1-11(2)18-15(10-23-25(18)14-6-3-12(21)4-7-14)19(26)24-13-5-8-16(20)17(22)9-13/h3-11H,1-2H3,(H,24,26). The molecular weight excluding hydrogens is 360 g/mol.